The van der Waals surface area contributed by atoms with Crippen LogP contribution in [0.3, 0.4) is 0 Å². The first-order valence-corrected chi connectivity index (χ1v) is 8.45. The average Bonchev–Trinajstić information content (AvgIpc) is 2.94. The molecule has 8 nitrogen and oxygen atoms in total. The first-order valence-electron chi connectivity index (χ1n) is 8.45. The highest BCUT2D eigenvalue weighted by molar-refractivity contribution is 6.13. The van der Waals surface area contributed by atoms with Crippen molar-refractivity contribution in [1.29, 1.82) is 0 Å². The molecule has 2 N–H and O–H groups in total. The van der Waals surface area contributed by atoms with E-state index < -0.39 is 11.9 Å². The van der Waals surface area contributed by atoms with E-state index in [1.165, 1.54) is 20.2 Å². The molecule has 8 heteroatoms. The normalized spacial score (nSPS) is 14.8. The van der Waals surface area contributed by atoms with Crippen LogP contribution < -0.4 is 20.1 Å². The van der Waals surface area contributed by atoms with Crippen molar-refractivity contribution >= 4 is 29.6 Å². The lowest BCUT2D eigenvalue weighted by atomic mass is 10.1. The van der Waals surface area contributed by atoms with Crippen LogP contribution in [0.5, 0.6) is 11.5 Å². The van der Waals surface area contributed by atoms with Crippen molar-refractivity contribution in [2.45, 2.75) is 0 Å². The number of carbonyl (C=O) groups excluding carboxylic acids is 3. The van der Waals surface area contributed by atoms with E-state index in [0.717, 1.165) is 4.90 Å². The lowest BCUT2D eigenvalue weighted by Gasteiger charge is -2.13. The molecule has 1 heterocycles. The summed E-state index contributed by atoms with van der Waals surface area (Å²) in [5.74, 6) is -0.120. The van der Waals surface area contributed by atoms with Crippen LogP contribution in [0.1, 0.15) is 5.56 Å². The van der Waals surface area contributed by atoms with Crippen molar-refractivity contribution in [3.63, 3.8) is 0 Å². The van der Waals surface area contributed by atoms with E-state index in [-0.39, 0.29) is 24.0 Å². The van der Waals surface area contributed by atoms with Crippen LogP contribution in [0.15, 0.2) is 54.2 Å². The van der Waals surface area contributed by atoms with Crippen LogP contribution in [0.2, 0.25) is 0 Å². The SMILES string of the molecule is COc1cccc(/C=C2/NC(=O)N(C)C2=O)c1OCC(=O)Nc1ccccc1. The molecular weight excluding hydrogens is 362 g/mol. The predicted molar refractivity (Wildman–Crippen MR) is 103 cm³/mol. The van der Waals surface area contributed by atoms with E-state index in [4.69, 9.17) is 9.47 Å². The van der Waals surface area contributed by atoms with Gasteiger partial charge in [-0.2, -0.15) is 0 Å². The number of anilines is 1. The largest absolute Gasteiger partial charge is 0.493 e. The lowest BCUT2D eigenvalue weighted by Crippen LogP contribution is -2.25. The van der Waals surface area contributed by atoms with Gasteiger partial charge >= 0.3 is 6.03 Å². The van der Waals surface area contributed by atoms with E-state index in [1.807, 2.05) is 18.2 Å². The summed E-state index contributed by atoms with van der Waals surface area (Å²) in [7, 11) is 2.86. The van der Waals surface area contributed by atoms with Crippen molar-refractivity contribution in [2.75, 3.05) is 26.1 Å². The number of carbonyl (C=O) groups is 3. The molecule has 2 aromatic rings. The molecule has 0 unspecified atom stereocenters. The van der Waals surface area contributed by atoms with Crippen LogP contribution >= 0.6 is 0 Å². The minimum atomic E-state index is -0.510. The zero-order valence-corrected chi connectivity index (χ0v) is 15.4. The second-order valence-corrected chi connectivity index (χ2v) is 5.93. The van der Waals surface area contributed by atoms with Crippen LogP contribution in [-0.4, -0.2) is 43.5 Å². The highest BCUT2D eigenvalue weighted by Crippen LogP contribution is 2.33. The number of hydrogen-bond acceptors (Lipinski definition) is 5. The summed E-state index contributed by atoms with van der Waals surface area (Å²) in [6.07, 6.45) is 1.48. The Hall–Kier alpha value is -3.81. The molecule has 1 aliphatic rings. The van der Waals surface area contributed by atoms with Gasteiger partial charge in [0.15, 0.2) is 18.1 Å². The van der Waals surface area contributed by atoms with Crippen LogP contribution in [0, 0.1) is 0 Å². The van der Waals surface area contributed by atoms with Crippen molar-refractivity contribution in [2.24, 2.45) is 0 Å². The van der Waals surface area contributed by atoms with Gasteiger partial charge in [0.25, 0.3) is 11.8 Å². The number of nitrogens with zero attached hydrogens (tertiary/aromatic N) is 1. The van der Waals surface area contributed by atoms with Gasteiger partial charge in [-0.25, -0.2) is 4.79 Å². The average molecular weight is 381 g/mol. The fraction of sp³-hybridized carbons (Fsp3) is 0.150. The van der Waals surface area contributed by atoms with Gasteiger partial charge in [-0.05, 0) is 24.3 Å². The molecule has 0 saturated carbocycles. The molecule has 28 heavy (non-hydrogen) atoms. The number of urea groups is 1. The zero-order chi connectivity index (χ0) is 20.1. The van der Waals surface area contributed by atoms with E-state index >= 15 is 0 Å². The smallest absolute Gasteiger partial charge is 0.328 e. The summed E-state index contributed by atoms with van der Waals surface area (Å²) in [6.45, 7) is -0.258. The molecule has 1 aliphatic heterocycles. The van der Waals surface area contributed by atoms with Crippen LogP contribution in [0.25, 0.3) is 6.08 Å². The lowest BCUT2D eigenvalue weighted by molar-refractivity contribution is -0.122. The number of imide groups is 1. The zero-order valence-electron chi connectivity index (χ0n) is 15.4. The standard InChI is InChI=1S/C20H19N3O5/c1-23-19(25)15(22-20(23)26)11-13-7-6-10-16(27-2)18(13)28-12-17(24)21-14-8-4-3-5-9-14/h3-11H,12H2,1-2H3,(H,21,24)(H,22,26)/b15-11+. The second kappa shape index (κ2) is 8.26. The molecule has 0 radical (unpaired) electrons. The number of benzene rings is 2. The summed E-state index contributed by atoms with van der Waals surface area (Å²) in [4.78, 5) is 36.9. The van der Waals surface area contributed by atoms with Gasteiger partial charge in [0, 0.05) is 18.3 Å². The van der Waals surface area contributed by atoms with E-state index in [0.29, 0.717) is 17.0 Å². The summed E-state index contributed by atoms with van der Waals surface area (Å²) in [5.41, 5.74) is 1.26. The second-order valence-electron chi connectivity index (χ2n) is 5.93. The minimum absolute atomic E-state index is 0.111. The number of amides is 4. The first kappa shape index (κ1) is 19.0. The third kappa shape index (κ3) is 4.12. The van der Waals surface area contributed by atoms with Crippen LogP contribution in [0.4, 0.5) is 10.5 Å². The van der Waals surface area contributed by atoms with E-state index in [9.17, 15) is 14.4 Å². The number of hydrogen-bond donors (Lipinski definition) is 2. The third-order valence-electron chi connectivity index (χ3n) is 4.02. The van der Waals surface area contributed by atoms with Crippen molar-refractivity contribution in [3.05, 3.63) is 59.8 Å². The molecule has 2 aromatic carbocycles. The Bertz CT molecular complexity index is 940. The van der Waals surface area contributed by atoms with Gasteiger partial charge in [0.2, 0.25) is 0 Å². The number of likely N-dealkylation sites (N-methyl/N-ethyl adjacent to an activating group) is 1. The van der Waals surface area contributed by atoms with Crippen LogP contribution in [-0.2, 0) is 9.59 Å². The molecule has 0 aromatic heterocycles. The number of ether oxygens (including phenoxy) is 2. The van der Waals surface area contributed by atoms with Gasteiger partial charge in [0.1, 0.15) is 5.70 Å². The van der Waals surface area contributed by atoms with Gasteiger partial charge in [-0.15, -0.1) is 0 Å². The highest BCUT2D eigenvalue weighted by Gasteiger charge is 2.30. The Labute approximate surface area is 161 Å². The number of nitrogens with one attached hydrogen (secondary N) is 2. The van der Waals surface area contributed by atoms with Gasteiger partial charge in [-0.1, -0.05) is 30.3 Å². The maximum atomic E-state index is 12.2. The molecule has 0 aliphatic carbocycles. The summed E-state index contributed by atoms with van der Waals surface area (Å²) in [5, 5.41) is 5.21. The Morgan fingerprint density at radius 3 is 2.54 bits per heavy atom. The maximum Gasteiger partial charge on any atom is 0.328 e. The molecule has 3 rings (SSSR count). The molecule has 1 fully saturated rings. The number of rotatable bonds is 6. The van der Waals surface area contributed by atoms with Crippen molar-refractivity contribution in [3.8, 4) is 11.5 Å². The predicted octanol–water partition coefficient (Wildman–Crippen LogP) is 2.24. The maximum absolute atomic E-state index is 12.2. The molecule has 0 spiro atoms. The van der Waals surface area contributed by atoms with Gasteiger partial charge < -0.3 is 20.1 Å². The fourth-order valence-corrected chi connectivity index (χ4v) is 2.60. The van der Waals surface area contributed by atoms with Crippen molar-refractivity contribution < 1.29 is 23.9 Å². The Balaban J connectivity index is 1.79. The quantitative estimate of drug-likeness (QED) is 0.591. The first-order chi connectivity index (χ1) is 13.5. The Morgan fingerprint density at radius 2 is 1.89 bits per heavy atom. The fourth-order valence-electron chi connectivity index (χ4n) is 2.60. The third-order valence-corrected chi connectivity index (χ3v) is 4.02. The number of para-hydroxylation sites is 2. The molecule has 144 valence electrons. The van der Waals surface area contributed by atoms with E-state index in [1.54, 1.807) is 30.3 Å². The topological polar surface area (TPSA) is 97.0 Å². The summed E-state index contributed by atoms with van der Waals surface area (Å²) in [6, 6.07) is 13.6. The monoisotopic (exact) mass is 381 g/mol. The molecule has 0 bridgehead atoms. The number of methoxy groups -OCH3 is 1. The van der Waals surface area contributed by atoms with E-state index in [2.05, 4.69) is 10.6 Å². The molecule has 0 atom stereocenters. The molecular formula is C20H19N3O5. The Kier molecular flexibility index (Phi) is 5.59. The highest BCUT2D eigenvalue weighted by atomic mass is 16.5. The molecule has 1 saturated heterocycles. The summed E-state index contributed by atoms with van der Waals surface area (Å²) >= 11 is 0. The van der Waals surface area contributed by atoms with Crippen molar-refractivity contribution in [1.82, 2.24) is 10.2 Å². The Morgan fingerprint density at radius 1 is 1.14 bits per heavy atom. The molecule has 4 amide bonds. The minimum Gasteiger partial charge on any atom is -0.493 e. The summed E-state index contributed by atoms with van der Waals surface area (Å²) < 4.78 is 11.0. The van der Waals surface area contributed by atoms with Gasteiger partial charge in [-0.3, -0.25) is 14.5 Å². The van der Waals surface area contributed by atoms with Gasteiger partial charge in [0.05, 0.1) is 7.11 Å².